The molecule has 0 saturated carbocycles. The molecule has 1 aromatic carbocycles. The van der Waals surface area contributed by atoms with E-state index in [1.165, 1.54) is 27.1 Å². The second-order valence-corrected chi connectivity index (χ2v) is 7.79. The third-order valence-corrected chi connectivity index (χ3v) is 5.17. The summed E-state index contributed by atoms with van der Waals surface area (Å²) in [4.78, 5) is 15.0. The summed E-state index contributed by atoms with van der Waals surface area (Å²) in [6.45, 7) is 9.36. The lowest BCUT2D eigenvalue weighted by Gasteiger charge is -2.43. The van der Waals surface area contributed by atoms with Gasteiger partial charge in [0.1, 0.15) is 0 Å². The van der Waals surface area contributed by atoms with E-state index in [0.29, 0.717) is 34.5 Å². The number of hydrogen-bond acceptors (Lipinski definition) is 4. The van der Waals surface area contributed by atoms with Gasteiger partial charge in [0.05, 0.1) is 19.2 Å². The van der Waals surface area contributed by atoms with E-state index >= 15 is 0 Å². The van der Waals surface area contributed by atoms with Crippen molar-refractivity contribution >= 4 is 17.5 Å². The van der Waals surface area contributed by atoms with Crippen LogP contribution in [-0.2, 0) is 0 Å². The first-order valence-electron chi connectivity index (χ1n) is 8.73. The predicted molar refractivity (Wildman–Crippen MR) is 101 cm³/mol. The lowest BCUT2D eigenvalue weighted by Crippen LogP contribution is -2.54. The summed E-state index contributed by atoms with van der Waals surface area (Å²) in [5.74, 6) is 1.42. The molecular weight excluding hydrogens is 340 g/mol. The first-order chi connectivity index (χ1) is 11.8. The van der Waals surface area contributed by atoms with E-state index in [2.05, 4.69) is 31.0 Å². The van der Waals surface area contributed by atoms with Crippen LogP contribution in [0.3, 0.4) is 0 Å². The number of likely N-dealkylation sites (tertiary alicyclic amines) is 1. The van der Waals surface area contributed by atoms with Gasteiger partial charge in [0.15, 0.2) is 11.5 Å². The van der Waals surface area contributed by atoms with E-state index in [1.807, 2.05) is 0 Å². The summed E-state index contributed by atoms with van der Waals surface area (Å²) in [6.07, 6.45) is 2.49. The highest BCUT2D eigenvalue weighted by molar-refractivity contribution is 6.32. The third-order valence-electron chi connectivity index (χ3n) is 4.89. The lowest BCUT2D eigenvalue weighted by atomic mass is 9.93. The SMILES string of the molecule is COc1cc(C(=O)NCC(C)(C)N2CCCC(C)C2)cc(Cl)c1OC. The number of carbonyl (C=O) groups is 1. The number of nitrogens with zero attached hydrogens (tertiary/aromatic N) is 1. The zero-order valence-electron chi connectivity index (χ0n) is 15.8. The Morgan fingerprint density at radius 3 is 2.68 bits per heavy atom. The van der Waals surface area contributed by atoms with Crippen LogP contribution in [0.15, 0.2) is 12.1 Å². The highest BCUT2D eigenvalue weighted by atomic mass is 35.5. The Balaban J connectivity index is 2.05. The molecule has 1 saturated heterocycles. The molecule has 1 amide bonds. The smallest absolute Gasteiger partial charge is 0.251 e. The molecule has 1 aliphatic heterocycles. The zero-order chi connectivity index (χ0) is 18.6. The molecule has 0 aliphatic carbocycles. The number of hydrogen-bond donors (Lipinski definition) is 1. The Kier molecular flexibility index (Phi) is 6.58. The number of benzene rings is 1. The fourth-order valence-electron chi connectivity index (χ4n) is 3.30. The van der Waals surface area contributed by atoms with Crippen molar-refractivity contribution in [2.75, 3.05) is 33.9 Å². The summed E-state index contributed by atoms with van der Waals surface area (Å²) in [6, 6.07) is 3.25. The monoisotopic (exact) mass is 368 g/mol. The zero-order valence-corrected chi connectivity index (χ0v) is 16.6. The maximum atomic E-state index is 12.6. The van der Waals surface area contributed by atoms with Gasteiger partial charge >= 0.3 is 0 Å². The van der Waals surface area contributed by atoms with Gasteiger partial charge in [-0.2, -0.15) is 0 Å². The Morgan fingerprint density at radius 2 is 2.08 bits per heavy atom. The first kappa shape index (κ1) is 19.9. The molecule has 2 rings (SSSR count). The molecular formula is C19H29ClN2O3. The lowest BCUT2D eigenvalue weighted by molar-refractivity contribution is 0.0657. The molecule has 1 heterocycles. The van der Waals surface area contributed by atoms with Crippen molar-refractivity contribution in [1.29, 1.82) is 0 Å². The van der Waals surface area contributed by atoms with Crippen LogP contribution >= 0.6 is 11.6 Å². The van der Waals surface area contributed by atoms with Gasteiger partial charge in [-0.15, -0.1) is 0 Å². The maximum Gasteiger partial charge on any atom is 0.251 e. The number of ether oxygens (including phenoxy) is 2. The van der Waals surface area contributed by atoms with Crippen molar-refractivity contribution in [3.05, 3.63) is 22.7 Å². The molecule has 1 unspecified atom stereocenters. The van der Waals surface area contributed by atoms with Crippen molar-refractivity contribution < 1.29 is 14.3 Å². The molecule has 1 N–H and O–H groups in total. The third kappa shape index (κ3) is 4.79. The van der Waals surface area contributed by atoms with Crippen LogP contribution in [0.1, 0.15) is 44.0 Å². The second kappa shape index (κ2) is 8.28. The van der Waals surface area contributed by atoms with Crippen molar-refractivity contribution in [3.8, 4) is 11.5 Å². The summed E-state index contributed by atoms with van der Waals surface area (Å²) in [5, 5.41) is 3.39. The summed E-state index contributed by atoms with van der Waals surface area (Å²) in [7, 11) is 3.04. The van der Waals surface area contributed by atoms with Crippen LogP contribution in [0.4, 0.5) is 0 Å². The van der Waals surface area contributed by atoms with Gasteiger partial charge in [0.2, 0.25) is 0 Å². The molecule has 140 valence electrons. The molecule has 0 spiro atoms. The highest BCUT2D eigenvalue weighted by Gasteiger charge is 2.30. The number of piperidine rings is 1. The van der Waals surface area contributed by atoms with Gasteiger partial charge in [-0.25, -0.2) is 0 Å². The van der Waals surface area contributed by atoms with Crippen molar-refractivity contribution in [1.82, 2.24) is 10.2 Å². The van der Waals surface area contributed by atoms with E-state index in [1.54, 1.807) is 12.1 Å². The van der Waals surface area contributed by atoms with Crippen LogP contribution in [0.2, 0.25) is 5.02 Å². The van der Waals surface area contributed by atoms with E-state index in [-0.39, 0.29) is 11.4 Å². The summed E-state index contributed by atoms with van der Waals surface area (Å²) in [5.41, 5.74) is 0.371. The molecule has 1 fully saturated rings. The second-order valence-electron chi connectivity index (χ2n) is 7.38. The molecule has 1 aromatic rings. The van der Waals surface area contributed by atoms with Gasteiger partial charge in [-0.3, -0.25) is 9.69 Å². The van der Waals surface area contributed by atoms with E-state index in [9.17, 15) is 4.79 Å². The molecule has 5 nitrogen and oxygen atoms in total. The molecule has 6 heteroatoms. The number of halogens is 1. The summed E-state index contributed by atoms with van der Waals surface area (Å²) < 4.78 is 10.5. The van der Waals surface area contributed by atoms with Crippen LogP contribution in [0.5, 0.6) is 11.5 Å². The average Bonchev–Trinajstić information content (AvgIpc) is 2.58. The number of carbonyl (C=O) groups excluding carboxylic acids is 1. The summed E-state index contributed by atoms with van der Waals surface area (Å²) >= 11 is 6.19. The van der Waals surface area contributed by atoms with Crippen molar-refractivity contribution in [2.45, 2.75) is 39.2 Å². The fourth-order valence-corrected chi connectivity index (χ4v) is 3.59. The van der Waals surface area contributed by atoms with Crippen LogP contribution < -0.4 is 14.8 Å². The quantitative estimate of drug-likeness (QED) is 0.833. The number of nitrogens with one attached hydrogen (secondary N) is 1. The standard InChI is InChI=1S/C19H29ClN2O3/c1-13-7-6-8-22(11-13)19(2,3)12-21-18(23)14-9-15(20)17(25-5)16(10-14)24-4/h9-10,13H,6-8,11-12H2,1-5H3,(H,21,23). The number of amides is 1. The minimum absolute atomic E-state index is 0.0926. The average molecular weight is 369 g/mol. The molecule has 1 atom stereocenters. The van der Waals surface area contributed by atoms with Gasteiger partial charge in [-0.1, -0.05) is 18.5 Å². The Hall–Kier alpha value is -1.46. The van der Waals surface area contributed by atoms with Crippen LogP contribution in [0.25, 0.3) is 0 Å². The van der Waals surface area contributed by atoms with E-state index in [0.717, 1.165) is 13.1 Å². The van der Waals surface area contributed by atoms with Crippen LogP contribution in [-0.4, -0.2) is 50.2 Å². The Bertz CT molecular complexity index is 619. The fraction of sp³-hybridized carbons (Fsp3) is 0.632. The number of rotatable bonds is 6. The Labute approximate surface area is 155 Å². The topological polar surface area (TPSA) is 50.8 Å². The first-order valence-corrected chi connectivity index (χ1v) is 9.11. The molecule has 0 radical (unpaired) electrons. The minimum atomic E-state index is -0.166. The van der Waals surface area contributed by atoms with Crippen molar-refractivity contribution in [2.24, 2.45) is 5.92 Å². The van der Waals surface area contributed by atoms with Gasteiger partial charge in [-0.05, 0) is 51.3 Å². The van der Waals surface area contributed by atoms with Crippen LogP contribution in [0, 0.1) is 5.92 Å². The minimum Gasteiger partial charge on any atom is -0.493 e. The molecule has 0 bridgehead atoms. The molecule has 25 heavy (non-hydrogen) atoms. The normalized spacial score (nSPS) is 18.7. The highest BCUT2D eigenvalue weighted by Crippen LogP contribution is 2.36. The van der Waals surface area contributed by atoms with Gasteiger partial charge in [0, 0.05) is 24.2 Å². The van der Waals surface area contributed by atoms with Gasteiger partial charge < -0.3 is 14.8 Å². The van der Waals surface area contributed by atoms with E-state index in [4.69, 9.17) is 21.1 Å². The van der Waals surface area contributed by atoms with Crippen molar-refractivity contribution in [3.63, 3.8) is 0 Å². The maximum absolute atomic E-state index is 12.6. The Morgan fingerprint density at radius 1 is 1.36 bits per heavy atom. The number of methoxy groups -OCH3 is 2. The molecule has 1 aliphatic rings. The molecule has 0 aromatic heterocycles. The van der Waals surface area contributed by atoms with E-state index < -0.39 is 0 Å². The predicted octanol–water partition coefficient (Wildman–Crippen LogP) is 3.60. The largest absolute Gasteiger partial charge is 0.493 e. The van der Waals surface area contributed by atoms with Gasteiger partial charge in [0.25, 0.3) is 5.91 Å².